The molecule has 0 aromatic carbocycles. The number of carbonyl (C=O) groups is 1. The Bertz CT molecular complexity index is 318. The maximum Gasteiger partial charge on any atom is 0.226 e. The quantitative estimate of drug-likeness (QED) is 0.742. The number of amides is 1. The monoisotopic (exact) mass is 296 g/mol. The number of hydrogen-bond donors (Lipinski definition) is 3. The van der Waals surface area contributed by atoms with E-state index in [9.17, 15) is 4.79 Å². The van der Waals surface area contributed by atoms with Crippen molar-refractivity contribution in [3.8, 4) is 0 Å². The molecule has 0 saturated carbocycles. The molecule has 1 rings (SSSR count). The summed E-state index contributed by atoms with van der Waals surface area (Å²) in [5, 5.41) is 9.57. The molecular formula is C11H22Cl2N4O. The Morgan fingerprint density at radius 2 is 2.06 bits per heavy atom. The molecule has 1 aromatic heterocycles. The van der Waals surface area contributed by atoms with E-state index in [4.69, 9.17) is 5.73 Å². The Morgan fingerprint density at radius 3 is 2.44 bits per heavy atom. The van der Waals surface area contributed by atoms with Crippen LogP contribution in [0.25, 0.3) is 0 Å². The molecule has 0 unspecified atom stereocenters. The fraction of sp³-hybridized carbons (Fsp3) is 0.636. The topological polar surface area (TPSA) is 83.8 Å². The average molecular weight is 297 g/mol. The van der Waals surface area contributed by atoms with Crippen LogP contribution in [0.1, 0.15) is 32.4 Å². The van der Waals surface area contributed by atoms with Crippen LogP contribution in [0.5, 0.6) is 0 Å². The first-order valence-electron chi connectivity index (χ1n) is 5.65. The summed E-state index contributed by atoms with van der Waals surface area (Å²) in [5.41, 5.74) is 6.26. The standard InChI is InChI=1S/C11H20N4O.2ClH/c1-3-11(4-2,8-12)14-10(16)7-9-5-6-13-15-9;;/h5-6H,3-4,7-8,12H2,1-2H3,(H,13,15)(H,14,16);2*1H. The lowest BCUT2D eigenvalue weighted by molar-refractivity contribution is -0.122. The first kappa shape index (κ1) is 19.6. The van der Waals surface area contributed by atoms with Gasteiger partial charge in [-0.3, -0.25) is 9.89 Å². The highest BCUT2D eigenvalue weighted by atomic mass is 35.5. The minimum atomic E-state index is -0.267. The summed E-state index contributed by atoms with van der Waals surface area (Å²) in [7, 11) is 0. The second kappa shape index (κ2) is 9.19. The normalized spacial score (nSPS) is 10.2. The minimum absolute atomic E-state index is 0. The Hall–Kier alpha value is -0.780. The van der Waals surface area contributed by atoms with Crippen LogP contribution in [-0.4, -0.2) is 28.2 Å². The van der Waals surface area contributed by atoms with E-state index in [1.54, 1.807) is 12.3 Å². The van der Waals surface area contributed by atoms with Crippen LogP contribution in [-0.2, 0) is 11.2 Å². The van der Waals surface area contributed by atoms with Crippen molar-refractivity contribution in [3.05, 3.63) is 18.0 Å². The number of rotatable bonds is 6. The molecule has 0 atom stereocenters. The first-order valence-corrected chi connectivity index (χ1v) is 5.65. The van der Waals surface area contributed by atoms with Crippen molar-refractivity contribution < 1.29 is 4.79 Å². The molecule has 18 heavy (non-hydrogen) atoms. The maximum absolute atomic E-state index is 11.8. The van der Waals surface area contributed by atoms with Crippen LogP contribution in [0.15, 0.2) is 12.3 Å². The van der Waals surface area contributed by atoms with Gasteiger partial charge in [-0.15, -0.1) is 24.8 Å². The van der Waals surface area contributed by atoms with E-state index in [1.807, 2.05) is 13.8 Å². The van der Waals surface area contributed by atoms with Crippen molar-refractivity contribution in [1.82, 2.24) is 15.5 Å². The predicted molar refractivity (Wildman–Crippen MR) is 77.3 cm³/mol. The van der Waals surface area contributed by atoms with E-state index in [-0.39, 0.29) is 36.3 Å². The number of aromatic nitrogens is 2. The third-order valence-corrected chi connectivity index (χ3v) is 3.06. The highest BCUT2D eigenvalue weighted by Gasteiger charge is 2.26. The smallest absolute Gasteiger partial charge is 0.226 e. The fourth-order valence-corrected chi connectivity index (χ4v) is 1.66. The van der Waals surface area contributed by atoms with Crippen molar-refractivity contribution in [2.45, 2.75) is 38.6 Å². The summed E-state index contributed by atoms with van der Waals surface area (Å²) in [5.74, 6) is -0.0154. The van der Waals surface area contributed by atoms with E-state index in [2.05, 4.69) is 15.5 Å². The molecule has 0 aliphatic carbocycles. The van der Waals surface area contributed by atoms with E-state index < -0.39 is 0 Å². The summed E-state index contributed by atoms with van der Waals surface area (Å²) in [6.45, 7) is 4.54. The summed E-state index contributed by atoms with van der Waals surface area (Å²) in [6, 6.07) is 1.79. The van der Waals surface area contributed by atoms with Crippen molar-refractivity contribution in [2.75, 3.05) is 6.54 Å². The number of nitrogens with zero attached hydrogens (tertiary/aromatic N) is 1. The second-order valence-electron chi connectivity index (χ2n) is 4.00. The van der Waals surface area contributed by atoms with Gasteiger partial charge < -0.3 is 11.1 Å². The fourth-order valence-electron chi connectivity index (χ4n) is 1.66. The van der Waals surface area contributed by atoms with Gasteiger partial charge in [-0.05, 0) is 18.9 Å². The highest BCUT2D eigenvalue weighted by Crippen LogP contribution is 2.13. The van der Waals surface area contributed by atoms with Gasteiger partial charge in [0.2, 0.25) is 5.91 Å². The molecule has 106 valence electrons. The van der Waals surface area contributed by atoms with Crippen molar-refractivity contribution >= 4 is 30.7 Å². The van der Waals surface area contributed by atoms with Gasteiger partial charge in [0.15, 0.2) is 0 Å². The minimum Gasteiger partial charge on any atom is -0.349 e. The number of nitrogens with two attached hydrogens (primary N) is 1. The maximum atomic E-state index is 11.8. The van der Waals surface area contributed by atoms with Gasteiger partial charge in [-0.1, -0.05) is 13.8 Å². The average Bonchev–Trinajstić information content (AvgIpc) is 2.79. The summed E-state index contributed by atoms with van der Waals surface area (Å²) in [4.78, 5) is 11.8. The van der Waals surface area contributed by atoms with Crippen molar-refractivity contribution in [2.24, 2.45) is 5.73 Å². The van der Waals surface area contributed by atoms with Gasteiger partial charge in [0.05, 0.1) is 12.0 Å². The molecule has 0 saturated heterocycles. The van der Waals surface area contributed by atoms with Gasteiger partial charge in [0.1, 0.15) is 0 Å². The van der Waals surface area contributed by atoms with E-state index >= 15 is 0 Å². The molecule has 5 nitrogen and oxygen atoms in total. The number of H-pyrrole nitrogens is 1. The Morgan fingerprint density at radius 1 is 1.44 bits per heavy atom. The number of carbonyl (C=O) groups excluding carboxylic acids is 1. The first-order chi connectivity index (χ1) is 7.65. The third-order valence-electron chi connectivity index (χ3n) is 3.06. The Labute approximate surface area is 120 Å². The molecule has 0 aliphatic heterocycles. The Kier molecular flexibility index (Phi) is 9.99. The van der Waals surface area contributed by atoms with Gasteiger partial charge in [-0.2, -0.15) is 5.10 Å². The molecule has 4 N–H and O–H groups in total. The molecule has 1 amide bonds. The summed E-state index contributed by atoms with van der Waals surface area (Å²) >= 11 is 0. The summed E-state index contributed by atoms with van der Waals surface area (Å²) in [6.07, 6.45) is 3.64. The Balaban J connectivity index is 0. The van der Waals surface area contributed by atoms with Crippen LogP contribution in [0.4, 0.5) is 0 Å². The van der Waals surface area contributed by atoms with Crippen molar-refractivity contribution in [1.29, 1.82) is 0 Å². The lowest BCUT2D eigenvalue weighted by atomic mass is 9.92. The molecule has 7 heteroatoms. The largest absolute Gasteiger partial charge is 0.349 e. The second-order valence-corrected chi connectivity index (χ2v) is 4.00. The molecular weight excluding hydrogens is 275 g/mol. The van der Waals surface area contributed by atoms with E-state index in [0.29, 0.717) is 13.0 Å². The van der Waals surface area contributed by atoms with Crippen LogP contribution >= 0.6 is 24.8 Å². The van der Waals surface area contributed by atoms with Gasteiger partial charge in [0, 0.05) is 18.4 Å². The molecule has 0 bridgehead atoms. The predicted octanol–water partition coefficient (Wildman–Crippen LogP) is 1.43. The van der Waals surface area contributed by atoms with Gasteiger partial charge in [-0.25, -0.2) is 0 Å². The van der Waals surface area contributed by atoms with Crippen LogP contribution in [0.2, 0.25) is 0 Å². The number of aromatic amines is 1. The van der Waals surface area contributed by atoms with Gasteiger partial charge in [0.25, 0.3) is 0 Å². The zero-order valence-electron chi connectivity index (χ0n) is 10.7. The molecule has 0 spiro atoms. The molecule has 1 heterocycles. The molecule has 1 aromatic rings. The van der Waals surface area contributed by atoms with Crippen molar-refractivity contribution in [3.63, 3.8) is 0 Å². The SMILES string of the molecule is CCC(CC)(CN)NC(=O)Cc1ccn[nH]1.Cl.Cl. The van der Waals surface area contributed by atoms with E-state index in [1.165, 1.54) is 0 Å². The molecule has 0 radical (unpaired) electrons. The molecule has 0 aliphatic rings. The lowest BCUT2D eigenvalue weighted by Gasteiger charge is -2.31. The summed E-state index contributed by atoms with van der Waals surface area (Å²) < 4.78 is 0. The number of hydrogen-bond acceptors (Lipinski definition) is 3. The number of nitrogens with one attached hydrogen (secondary N) is 2. The van der Waals surface area contributed by atoms with Crippen LogP contribution in [0, 0.1) is 0 Å². The van der Waals surface area contributed by atoms with Crippen LogP contribution in [0.3, 0.4) is 0 Å². The zero-order chi connectivity index (χ0) is 12.0. The van der Waals surface area contributed by atoms with E-state index in [0.717, 1.165) is 18.5 Å². The molecule has 0 fully saturated rings. The van der Waals surface area contributed by atoms with Crippen LogP contribution < -0.4 is 11.1 Å². The lowest BCUT2D eigenvalue weighted by Crippen LogP contribution is -2.53. The highest BCUT2D eigenvalue weighted by molar-refractivity contribution is 5.85. The zero-order valence-corrected chi connectivity index (χ0v) is 12.4. The number of halogens is 2. The third kappa shape index (κ3) is 5.25. The van der Waals surface area contributed by atoms with Gasteiger partial charge >= 0.3 is 0 Å².